The van der Waals surface area contributed by atoms with Crippen molar-refractivity contribution in [2.24, 2.45) is 0 Å². The number of halogens is 1. The Labute approximate surface area is 78.5 Å². The van der Waals surface area contributed by atoms with Crippen LogP contribution in [0.5, 0.6) is 5.75 Å². The average molecular weight is 182 g/mol. The maximum Gasteiger partial charge on any atom is 0.118 e. The molecule has 0 saturated heterocycles. The van der Waals surface area contributed by atoms with Crippen molar-refractivity contribution in [1.82, 2.24) is 0 Å². The van der Waals surface area contributed by atoms with E-state index >= 15 is 0 Å². The van der Waals surface area contributed by atoms with Crippen LogP contribution in [-0.4, -0.2) is 13.3 Å². The summed E-state index contributed by atoms with van der Waals surface area (Å²) in [5, 5.41) is 0. The fourth-order valence-corrected chi connectivity index (χ4v) is 1.16. The Bertz CT molecular complexity index is 241. The summed E-state index contributed by atoms with van der Waals surface area (Å²) in [6.07, 6.45) is 0.663. The second-order valence-corrected chi connectivity index (χ2v) is 3.17. The second kappa shape index (κ2) is 4.85. The van der Waals surface area contributed by atoms with Crippen LogP contribution in [0.3, 0.4) is 0 Å². The van der Waals surface area contributed by atoms with E-state index in [0.29, 0.717) is 6.42 Å². The molecule has 0 aliphatic heterocycles. The Morgan fingerprint density at radius 3 is 2.38 bits per heavy atom. The third-order valence-corrected chi connectivity index (χ3v) is 1.99. The van der Waals surface area contributed by atoms with Crippen molar-refractivity contribution >= 4 is 0 Å². The number of methoxy groups -OCH3 is 1. The van der Waals surface area contributed by atoms with Gasteiger partial charge in [-0.3, -0.25) is 0 Å². The van der Waals surface area contributed by atoms with Crippen LogP contribution in [0.4, 0.5) is 4.39 Å². The first kappa shape index (κ1) is 10.0. The molecule has 0 fully saturated rings. The Balaban J connectivity index is 2.49. The molecular formula is C11H15FO. The standard InChI is InChI=1S/C11H15FO/c1-9(12)3-4-10-5-7-11(13-2)8-6-10/h5-9H,3-4H2,1-2H3/t9-/m0/s1. The van der Waals surface area contributed by atoms with E-state index in [1.54, 1.807) is 14.0 Å². The summed E-state index contributed by atoms with van der Waals surface area (Å²) in [6.45, 7) is 1.59. The Kier molecular flexibility index (Phi) is 3.74. The number of aryl methyl sites for hydroxylation is 1. The van der Waals surface area contributed by atoms with E-state index in [1.165, 1.54) is 0 Å². The Morgan fingerprint density at radius 1 is 1.31 bits per heavy atom. The molecule has 1 aromatic carbocycles. The van der Waals surface area contributed by atoms with Crippen molar-refractivity contribution in [3.05, 3.63) is 29.8 Å². The molecule has 0 aliphatic rings. The van der Waals surface area contributed by atoms with Crippen molar-refractivity contribution in [2.45, 2.75) is 25.9 Å². The summed E-state index contributed by atoms with van der Waals surface area (Å²) in [7, 11) is 1.64. The number of alkyl halides is 1. The lowest BCUT2D eigenvalue weighted by Crippen LogP contribution is -1.95. The lowest BCUT2D eigenvalue weighted by atomic mass is 10.1. The van der Waals surface area contributed by atoms with Crippen LogP contribution in [0.15, 0.2) is 24.3 Å². The molecule has 0 bridgehead atoms. The van der Waals surface area contributed by atoms with Crippen LogP contribution < -0.4 is 4.74 Å². The van der Waals surface area contributed by atoms with E-state index in [1.807, 2.05) is 24.3 Å². The highest BCUT2D eigenvalue weighted by molar-refractivity contribution is 5.27. The minimum atomic E-state index is -0.720. The van der Waals surface area contributed by atoms with E-state index in [2.05, 4.69) is 0 Å². The molecule has 13 heavy (non-hydrogen) atoms. The molecule has 0 radical (unpaired) electrons. The van der Waals surface area contributed by atoms with Crippen LogP contribution in [0, 0.1) is 0 Å². The Morgan fingerprint density at radius 2 is 1.92 bits per heavy atom. The minimum absolute atomic E-state index is 0.590. The molecule has 0 aliphatic carbocycles. The van der Waals surface area contributed by atoms with Gasteiger partial charge in [0.1, 0.15) is 5.75 Å². The maximum atomic E-state index is 12.5. The van der Waals surface area contributed by atoms with Crippen molar-refractivity contribution < 1.29 is 9.13 Å². The molecule has 2 heteroatoms. The van der Waals surface area contributed by atoms with Crippen molar-refractivity contribution in [1.29, 1.82) is 0 Å². The predicted octanol–water partition coefficient (Wildman–Crippen LogP) is 2.99. The molecule has 1 rings (SSSR count). The zero-order chi connectivity index (χ0) is 9.68. The third kappa shape index (κ3) is 3.45. The van der Waals surface area contributed by atoms with Gasteiger partial charge in [-0.25, -0.2) is 4.39 Å². The molecule has 1 atom stereocenters. The topological polar surface area (TPSA) is 9.23 Å². The van der Waals surface area contributed by atoms with Crippen LogP contribution in [-0.2, 0) is 6.42 Å². The molecule has 0 aromatic heterocycles. The number of hydrogen-bond acceptors (Lipinski definition) is 1. The van der Waals surface area contributed by atoms with Crippen LogP contribution in [0.25, 0.3) is 0 Å². The van der Waals surface area contributed by atoms with Gasteiger partial charge in [0.15, 0.2) is 0 Å². The lowest BCUT2D eigenvalue weighted by molar-refractivity contribution is 0.341. The van der Waals surface area contributed by atoms with E-state index in [-0.39, 0.29) is 0 Å². The third-order valence-electron chi connectivity index (χ3n) is 1.99. The normalized spacial score (nSPS) is 12.5. The molecule has 72 valence electrons. The maximum absolute atomic E-state index is 12.5. The second-order valence-electron chi connectivity index (χ2n) is 3.17. The predicted molar refractivity (Wildman–Crippen MR) is 51.9 cm³/mol. The quantitative estimate of drug-likeness (QED) is 0.695. The SMILES string of the molecule is COc1ccc(CC[C@H](C)F)cc1. The lowest BCUT2D eigenvalue weighted by Gasteiger charge is -2.03. The first-order chi connectivity index (χ1) is 6.22. The van der Waals surface area contributed by atoms with Gasteiger partial charge in [0.25, 0.3) is 0 Å². The summed E-state index contributed by atoms with van der Waals surface area (Å²) in [4.78, 5) is 0. The number of rotatable bonds is 4. The van der Waals surface area contributed by atoms with Gasteiger partial charge < -0.3 is 4.74 Å². The fraction of sp³-hybridized carbons (Fsp3) is 0.455. The van der Waals surface area contributed by atoms with Gasteiger partial charge in [0, 0.05) is 0 Å². The van der Waals surface area contributed by atoms with Crippen molar-refractivity contribution in [3.63, 3.8) is 0 Å². The van der Waals surface area contributed by atoms with Crippen LogP contribution in [0.2, 0.25) is 0 Å². The first-order valence-electron chi connectivity index (χ1n) is 4.49. The van der Waals surface area contributed by atoms with Crippen LogP contribution >= 0.6 is 0 Å². The average Bonchev–Trinajstić information content (AvgIpc) is 2.15. The summed E-state index contributed by atoms with van der Waals surface area (Å²) in [5.41, 5.74) is 1.16. The summed E-state index contributed by atoms with van der Waals surface area (Å²) >= 11 is 0. The zero-order valence-electron chi connectivity index (χ0n) is 8.09. The number of hydrogen-bond donors (Lipinski definition) is 0. The highest BCUT2D eigenvalue weighted by Gasteiger charge is 1.99. The molecule has 0 amide bonds. The highest BCUT2D eigenvalue weighted by Crippen LogP contribution is 2.13. The monoisotopic (exact) mass is 182 g/mol. The summed E-state index contributed by atoms with van der Waals surface area (Å²) in [6, 6.07) is 7.75. The fourth-order valence-electron chi connectivity index (χ4n) is 1.16. The van der Waals surface area contributed by atoms with E-state index in [9.17, 15) is 4.39 Å². The molecule has 0 N–H and O–H groups in total. The number of benzene rings is 1. The molecule has 0 spiro atoms. The summed E-state index contributed by atoms with van der Waals surface area (Å²) in [5.74, 6) is 0.844. The Hall–Kier alpha value is -1.05. The van der Waals surface area contributed by atoms with Gasteiger partial charge in [-0.1, -0.05) is 12.1 Å². The largest absolute Gasteiger partial charge is 0.497 e. The molecular weight excluding hydrogens is 167 g/mol. The smallest absolute Gasteiger partial charge is 0.118 e. The van der Waals surface area contributed by atoms with Gasteiger partial charge >= 0.3 is 0 Å². The summed E-state index contributed by atoms with van der Waals surface area (Å²) < 4.78 is 17.5. The van der Waals surface area contributed by atoms with E-state index < -0.39 is 6.17 Å². The van der Waals surface area contributed by atoms with E-state index in [4.69, 9.17) is 4.74 Å². The molecule has 1 aromatic rings. The van der Waals surface area contributed by atoms with Gasteiger partial charge in [-0.2, -0.15) is 0 Å². The molecule has 1 nitrogen and oxygen atoms in total. The van der Waals surface area contributed by atoms with Crippen molar-refractivity contribution in [2.75, 3.05) is 7.11 Å². The van der Waals surface area contributed by atoms with Gasteiger partial charge in [-0.15, -0.1) is 0 Å². The molecule has 0 unspecified atom stereocenters. The van der Waals surface area contributed by atoms with Crippen LogP contribution in [0.1, 0.15) is 18.9 Å². The van der Waals surface area contributed by atoms with E-state index in [0.717, 1.165) is 17.7 Å². The zero-order valence-corrected chi connectivity index (χ0v) is 8.09. The minimum Gasteiger partial charge on any atom is -0.497 e. The highest BCUT2D eigenvalue weighted by atomic mass is 19.1. The van der Waals surface area contributed by atoms with Crippen molar-refractivity contribution in [3.8, 4) is 5.75 Å². The number of ether oxygens (including phenoxy) is 1. The van der Waals surface area contributed by atoms with Gasteiger partial charge in [0.05, 0.1) is 13.3 Å². The molecule has 0 heterocycles. The first-order valence-corrected chi connectivity index (χ1v) is 4.49. The van der Waals surface area contributed by atoms with Gasteiger partial charge in [0.2, 0.25) is 0 Å². The molecule has 0 saturated carbocycles. The van der Waals surface area contributed by atoms with Gasteiger partial charge in [-0.05, 0) is 37.5 Å².